The van der Waals surface area contributed by atoms with E-state index in [2.05, 4.69) is 10.0 Å². The van der Waals surface area contributed by atoms with Crippen molar-refractivity contribution in [2.45, 2.75) is 24.3 Å². The topological polar surface area (TPSA) is 88.4 Å². The van der Waals surface area contributed by atoms with Crippen LogP contribution in [0.2, 0.25) is 0 Å². The molecule has 1 heterocycles. The summed E-state index contributed by atoms with van der Waals surface area (Å²) in [7, 11) is -2.24. The van der Waals surface area contributed by atoms with Crippen LogP contribution in [-0.4, -0.2) is 27.4 Å². The van der Waals surface area contributed by atoms with Gasteiger partial charge >= 0.3 is 0 Å². The number of hydrogen-bond acceptors (Lipinski definition) is 4. The molecule has 0 aliphatic heterocycles. The van der Waals surface area contributed by atoms with Crippen LogP contribution in [0, 0.1) is 0 Å². The first-order valence-electron chi connectivity index (χ1n) is 6.79. The molecule has 22 heavy (non-hydrogen) atoms. The predicted molar refractivity (Wildman–Crippen MR) is 82.0 cm³/mol. The van der Waals surface area contributed by atoms with Crippen LogP contribution in [0.4, 0.5) is 0 Å². The van der Waals surface area contributed by atoms with Crippen molar-refractivity contribution in [3.05, 3.63) is 54.0 Å². The van der Waals surface area contributed by atoms with Gasteiger partial charge in [0.2, 0.25) is 10.0 Å². The first kappa shape index (κ1) is 16.3. The van der Waals surface area contributed by atoms with Gasteiger partial charge in [-0.2, -0.15) is 0 Å². The standard InChI is InChI=1S/C15H18N2O4S/c1-11(9-13-6-4-8-21-13)17-15(18)12-5-3-7-14(10-12)22(19,20)16-2/h3-8,10-11,16H,9H2,1-2H3,(H,17,18)/t11-/m0/s1. The maximum Gasteiger partial charge on any atom is 0.251 e. The van der Waals surface area contributed by atoms with Gasteiger partial charge in [0.05, 0.1) is 11.2 Å². The molecule has 2 N–H and O–H groups in total. The van der Waals surface area contributed by atoms with Crippen LogP contribution in [-0.2, 0) is 16.4 Å². The van der Waals surface area contributed by atoms with Crippen LogP contribution in [0.25, 0.3) is 0 Å². The van der Waals surface area contributed by atoms with E-state index < -0.39 is 10.0 Å². The molecular formula is C15H18N2O4S. The number of rotatable bonds is 6. The highest BCUT2D eigenvalue weighted by Crippen LogP contribution is 2.12. The number of carbonyl (C=O) groups is 1. The number of hydrogen-bond donors (Lipinski definition) is 2. The minimum absolute atomic E-state index is 0.0568. The second kappa shape index (κ2) is 6.76. The average Bonchev–Trinajstić information content (AvgIpc) is 3.00. The normalized spacial score (nSPS) is 12.8. The van der Waals surface area contributed by atoms with Crippen LogP contribution in [0.15, 0.2) is 52.0 Å². The summed E-state index contributed by atoms with van der Waals surface area (Å²) in [5.74, 6) is 0.450. The van der Waals surface area contributed by atoms with E-state index >= 15 is 0 Å². The number of amides is 1. The number of furan rings is 1. The van der Waals surface area contributed by atoms with E-state index in [0.717, 1.165) is 5.76 Å². The molecule has 2 aromatic rings. The highest BCUT2D eigenvalue weighted by Gasteiger charge is 2.16. The summed E-state index contributed by atoms with van der Waals surface area (Å²) in [5, 5.41) is 2.82. The van der Waals surface area contributed by atoms with Gasteiger partial charge in [-0.05, 0) is 44.3 Å². The largest absolute Gasteiger partial charge is 0.469 e. The van der Waals surface area contributed by atoms with E-state index in [0.29, 0.717) is 12.0 Å². The van der Waals surface area contributed by atoms with Crippen molar-refractivity contribution in [1.82, 2.24) is 10.0 Å². The molecule has 0 unspecified atom stereocenters. The summed E-state index contributed by atoms with van der Waals surface area (Å²) < 4.78 is 31.0. The Morgan fingerprint density at radius 2 is 2.05 bits per heavy atom. The van der Waals surface area contributed by atoms with Crippen LogP contribution in [0.3, 0.4) is 0 Å². The summed E-state index contributed by atoms with van der Waals surface area (Å²) in [6.07, 6.45) is 2.14. The maximum atomic E-state index is 12.2. The molecule has 0 aliphatic rings. The van der Waals surface area contributed by atoms with Crippen LogP contribution in [0.5, 0.6) is 0 Å². The van der Waals surface area contributed by atoms with E-state index in [4.69, 9.17) is 4.42 Å². The molecule has 1 amide bonds. The van der Waals surface area contributed by atoms with Crippen molar-refractivity contribution >= 4 is 15.9 Å². The second-order valence-corrected chi connectivity index (χ2v) is 6.78. The van der Waals surface area contributed by atoms with Crippen molar-refractivity contribution in [3.8, 4) is 0 Å². The molecule has 0 saturated heterocycles. The smallest absolute Gasteiger partial charge is 0.251 e. The average molecular weight is 322 g/mol. The molecular weight excluding hydrogens is 304 g/mol. The Morgan fingerprint density at radius 3 is 2.68 bits per heavy atom. The molecule has 0 saturated carbocycles. The fourth-order valence-electron chi connectivity index (χ4n) is 2.01. The van der Waals surface area contributed by atoms with Gasteiger partial charge in [0.1, 0.15) is 5.76 Å². The number of carbonyl (C=O) groups excluding carboxylic acids is 1. The summed E-state index contributed by atoms with van der Waals surface area (Å²) in [6.45, 7) is 1.86. The molecule has 0 aliphatic carbocycles. The summed E-state index contributed by atoms with van der Waals surface area (Å²) in [4.78, 5) is 12.3. The predicted octanol–water partition coefficient (Wildman–Crippen LogP) is 1.55. The highest BCUT2D eigenvalue weighted by molar-refractivity contribution is 7.89. The van der Waals surface area contributed by atoms with Crippen molar-refractivity contribution in [2.75, 3.05) is 7.05 Å². The second-order valence-electron chi connectivity index (χ2n) is 4.89. The zero-order chi connectivity index (χ0) is 16.2. The first-order valence-corrected chi connectivity index (χ1v) is 8.27. The lowest BCUT2D eigenvalue weighted by molar-refractivity contribution is 0.0939. The molecule has 0 radical (unpaired) electrons. The molecule has 7 heteroatoms. The monoisotopic (exact) mass is 322 g/mol. The number of benzene rings is 1. The number of sulfonamides is 1. The Balaban J connectivity index is 2.08. The van der Waals surface area contributed by atoms with E-state index in [1.165, 1.54) is 25.2 Å². The summed E-state index contributed by atoms with van der Waals surface area (Å²) >= 11 is 0. The lowest BCUT2D eigenvalue weighted by Gasteiger charge is -2.13. The van der Waals surface area contributed by atoms with Gasteiger partial charge in [-0.25, -0.2) is 13.1 Å². The van der Waals surface area contributed by atoms with Gasteiger partial charge in [-0.3, -0.25) is 4.79 Å². The molecule has 2 rings (SSSR count). The van der Waals surface area contributed by atoms with Crippen LogP contribution >= 0.6 is 0 Å². The summed E-state index contributed by atoms with van der Waals surface area (Å²) in [5.41, 5.74) is 0.294. The highest BCUT2D eigenvalue weighted by atomic mass is 32.2. The summed E-state index contributed by atoms with van der Waals surface area (Å²) in [6, 6.07) is 9.39. The molecule has 1 aromatic heterocycles. The van der Waals surface area contributed by atoms with Gasteiger partial charge in [0.25, 0.3) is 5.91 Å². The van der Waals surface area contributed by atoms with E-state index in [9.17, 15) is 13.2 Å². The molecule has 0 fully saturated rings. The van der Waals surface area contributed by atoms with E-state index in [1.54, 1.807) is 18.4 Å². The maximum absolute atomic E-state index is 12.2. The minimum atomic E-state index is -3.57. The third-order valence-electron chi connectivity index (χ3n) is 3.14. The fraction of sp³-hybridized carbons (Fsp3) is 0.267. The zero-order valence-corrected chi connectivity index (χ0v) is 13.2. The van der Waals surface area contributed by atoms with Crippen LogP contribution < -0.4 is 10.0 Å². The van der Waals surface area contributed by atoms with Crippen molar-refractivity contribution in [3.63, 3.8) is 0 Å². The van der Waals surface area contributed by atoms with Gasteiger partial charge in [0, 0.05) is 18.0 Å². The SMILES string of the molecule is CNS(=O)(=O)c1cccc(C(=O)N[C@@H](C)Cc2ccco2)c1. The lowest BCUT2D eigenvalue weighted by atomic mass is 10.1. The molecule has 0 spiro atoms. The molecule has 118 valence electrons. The Labute approximate surface area is 129 Å². The van der Waals surface area contributed by atoms with Gasteiger partial charge < -0.3 is 9.73 Å². The fourth-order valence-corrected chi connectivity index (χ4v) is 2.79. The Hall–Kier alpha value is -2.12. The lowest BCUT2D eigenvalue weighted by Crippen LogP contribution is -2.34. The Morgan fingerprint density at radius 1 is 1.27 bits per heavy atom. The van der Waals surface area contributed by atoms with Crippen LogP contribution in [0.1, 0.15) is 23.0 Å². The molecule has 1 atom stereocenters. The van der Waals surface area contributed by atoms with Crippen molar-refractivity contribution < 1.29 is 17.6 Å². The number of nitrogens with one attached hydrogen (secondary N) is 2. The van der Waals surface area contributed by atoms with Gasteiger partial charge in [0.15, 0.2) is 0 Å². The van der Waals surface area contributed by atoms with Crippen molar-refractivity contribution in [2.24, 2.45) is 0 Å². The molecule has 1 aromatic carbocycles. The Kier molecular flexibility index (Phi) is 4.99. The molecule has 6 nitrogen and oxygen atoms in total. The minimum Gasteiger partial charge on any atom is -0.469 e. The first-order chi connectivity index (χ1) is 10.4. The van der Waals surface area contributed by atoms with Crippen molar-refractivity contribution in [1.29, 1.82) is 0 Å². The third-order valence-corrected chi connectivity index (χ3v) is 4.55. The quantitative estimate of drug-likeness (QED) is 0.844. The molecule has 0 bridgehead atoms. The third kappa shape index (κ3) is 3.96. The Bertz CT molecular complexity index is 739. The van der Waals surface area contributed by atoms with E-state index in [1.807, 2.05) is 13.0 Å². The zero-order valence-electron chi connectivity index (χ0n) is 12.4. The van der Waals surface area contributed by atoms with Gasteiger partial charge in [-0.1, -0.05) is 6.07 Å². The van der Waals surface area contributed by atoms with Gasteiger partial charge in [-0.15, -0.1) is 0 Å². The van der Waals surface area contributed by atoms with E-state index in [-0.39, 0.29) is 16.8 Å².